The van der Waals surface area contributed by atoms with Gasteiger partial charge in [-0.05, 0) is 55.3 Å². The molecule has 0 amide bonds. The van der Waals surface area contributed by atoms with Crippen molar-refractivity contribution in [2.45, 2.75) is 46.1 Å². The molecule has 0 aromatic carbocycles. The highest BCUT2D eigenvalue weighted by atomic mass is 79.9. The largest absolute Gasteiger partial charge is 0.365 e. The number of aromatic nitrogens is 1. The maximum Gasteiger partial charge on any atom is 0.126 e. The molecule has 0 aliphatic carbocycles. The lowest BCUT2D eigenvalue weighted by Crippen LogP contribution is -2.30. The average Bonchev–Trinajstić information content (AvgIpc) is 2.10. The van der Waals surface area contributed by atoms with Gasteiger partial charge >= 0.3 is 0 Å². The zero-order valence-corrected chi connectivity index (χ0v) is 11.5. The summed E-state index contributed by atoms with van der Waals surface area (Å²) in [5.74, 6) is 0.953. The van der Waals surface area contributed by atoms with Gasteiger partial charge in [-0.25, -0.2) is 4.98 Å². The Hall–Kier alpha value is -0.570. The molecule has 0 bridgehead atoms. The number of anilines is 1. The predicted octanol–water partition coefficient (Wildman–Crippen LogP) is 4.14. The lowest BCUT2D eigenvalue weighted by Gasteiger charge is -2.26. The van der Waals surface area contributed by atoms with Gasteiger partial charge in [0.05, 0.1) is 5.69 Å². The molecule has 0 aliphatic rings. The van der Waals surface area contributed by atoms with Crippen molar-refractivity contribution in [3.05, 3.63) is 22.3 Å². The molecule has 0 unspecified atom stereocenters. The van der Waals surface area contributed by atoms with E-state index in [1.807, 2.05) is 19.1 Å². The van der Waals surface area contributed by atoms with E-state index in [9.17, 15) is 0 Å². The second kappa shape index (κ2) is 4.97. The fourth-order valence-corrected chi connectivity index (χ4v) is 1.87. The van der Waals surface area contributed by atoms with E-state index in [1.54, 1.807) is 0 Å². The van der Waals surface area contributed by atoms with E-state index in [-0.39, 0.29) is 5.54 Å². The van der Waals surface area contributed by atoms with Crippen molar-refractivity contribution in [1.82, 2.24) is 4.98 Å². The summed E-state index contributed by atoms with van der Waals surface area (Å²) in [5.41, 5.74) is 1.13. The first-order valence-corrected chi connectivity index (χ1v) is 6.15. The SMILES string of the molecule is CCCC(C)(C)Nc1ccc(Br)c(C)n1. The molecule has 0 fully saturated rings. The Morgan fingerprint density at radius 3 is 2.60 bits per heavy atom. The summed E-state index contributed by atoms with van der Waals surface area (Å²) in [4.78, 5) is 4.48. The topological polar surface area (TPSA) is 24.9 Å². The van der Waals surface area contributed by atoms with Gasteiger partial charge in [0.1, 0.15) is 5.82 Å². The van der Waals surface area contributed by atoms with Gasteiger partial charge in [0.25, 0.3) is 0 Å². The number of aryl methyl sites for hydroxylation is 1. The second-order valence-corrected chi connectivity index (χ2v) is 5.38. The molecule has 1 rings (SSSR count). The third-order valence-electron chi connectivity index (χ3n) is 2.36. The summed E-state index contributed by atoms with van der Waals surface area (Å²) in [6.07, 6.45) is 2.32. The smallest absolute Gasteiger partial charge is 0.126 e. The highest BCUT2D eigenvalue weighted by Crippen LogP contribution is 2.21. The van der Waals surface area contributed by atoms with Gasteiger partial charge in [-0.15, -0.1) is 0 Å². The molecule has 1 N–H and O–H groups in total. The first-order chi connectivity index (χ1) is 6.94. The highest BCUT2D eigenvalue weighted by molar-refractivity contribution is 9.10. The van der Waals surface area contributed by atoms with Crippen molar-refractivity contribution in [2.24, 2.45) is 0 Å². The van der Waals surface area contributed by atoms with Gasteiger partial charge in [0, 0.05) is 10.0 Å². The molecule has 0 aliphatic heterocycles. The molecular formula is C12H19BrN2. The van der Waals surface area contributed by atoms with Crippen molar-refractivity contribution in [3.8, 4) is 0 Å². The molecule has 0 spiro atoms. The molecule has 0 saturated carbocycles. The van der Waals surface area contributed by atoms with Gasteiger partial charge in [-0.3, -0.25) is 0 Å². The maximum atomic E-state index is 4.48. The lowest BCUT2D eigenvalue weighted by molar-refractivity contribution is 0.509. The molecule has 0 radical (unpaired) electrons. The number of pyridine rings is 1. The van der Waals surface area contributed by atoms with E-state index in [4.69, 9.17) is 0 Å². The van der Waals surface area contributed by atoms with Crippen LogP contribution < -0.4 is 5.32 Å². The van der Waals surface area contributed by atoms with E-state index in [0.29, 0.717) is 0 Å². The van der Waals surface area contributed by atoms with E-state index in [2.05, 4.69) is 47.0 Å². The van der Waals surface area contributed by atoms with E-state index < -0.39 is 0 Å². The summed E-state index contributed by atoms with van der Waals surface area (Å²) in [5, 5.41) is 3.46. The summed E-state index contributed by atoms with van der Waals surface area (Å²) in [6, 6.07) is 4.04. The predicted molar refractivity (Wildman–Crippen MR) is 69.3 cm³/mol. The first kappa shape index (κ1) is 12.5. The van der Waals surface area contributed by atoms with Crippen molar-refractivity contribution >= 4 is 21.7 Å². The summed E-state index contributed by atoms with van der Waals surface area (Å²) < 4.78 is 1.06. The number of nitrogens with one attached hydrogen (secondary N) is 1. The van der Waals surface area contributed by atoms with E-state index >= 15 is 0 Å². The quantitative estimate of drug-likeness (QED) is 0.890. The molecule has 0 atom stereocenters. The summed E-state index contributed by atoms with van der Waals surface area (Å²) >= 11 is 3.45. The van der Waals surface area contributed by atoms with Gasteiger partial charge in [-0.1, -0.05) is 13.3 Å². The Bertz CT molecular complexity index is 334. The third kappa shape index (κ3) is 3.82. The molecule has 1 aromatic rings. The van der Waals surface area contributed by atoms with Gasteiger partial charge < -0.3 is 5.32 Å². The molecule has 15 heavy (non-hydrogen) atoms. The van der Waals surface area contributed by atoms with Crippen LogP contribution in [0.2, 0.25) is 0 Å². The Labute approximate surface area is 101 Å². The van der Waals surface area contributed by atoms with E-state index in [1.165, 1.54) is 6.42 Å². The van der Waals surface area contributed by atoms with Crippen LogP contribution in [0.1, 0.15) is 39.3 Å². The van der Waals surface area contributed by atoms with E-state index in [0.717, 1.165) is 22.4 Å². The molecule has 1 heterocycles. The highest BCUT2D eigenvalue weighted by Gasteiger charge is 2.16. The number of rotatable bonds is 4. The van der Waals surface area contributed by atoms with Gasteiger partial charge in [-0.2, -0.15) is 0 Å². The summed E-state index contributed by atoms with van der Waals surface area (Å²) in [7, 11) is 0. The molecule has 1 aromatic heterocycles. The van der Waals surface area contributed by atoms with Crippen molar-refractivity contribution in [3.63, 3.8) is 0 Å². The average molecular weight is 271 g/mol. The van der Waals surface area contributed by atoms with Crippen LogP contribution in [-0.2, 0) is 0 Å². The van der Waals surface area contributed by atoms with Gasteiger partial charge in [0.15, 0.2) is 0 Å². The zero-order chi connectivity index (χ0) is 11.5. The molecule has 2 nitrogen and oxygen atoms in total. The van der Waals surface area contributed by atoms with Gasteiger partial charge in [0.2, 0.25) is 0 Å². The van der Waals surface area contributed by atoms with Crippen LogP contribution in [0.15, 0.2) is 16.6 Å². The number of halogens is 1. The van der Waals surface area contributed by atoms with Crippen molar-refractivity contribution in [2.75, 3.05) is 5.32 Å². The van der Waals surface area contributed by atoms with Crippen LogP contribution in [0, 0.1) is 6.92 Å². The molecule has 84 valence electrons. The Morgan fingerprint density at radius 2 is 2.07 bits per heavy atom. The van der Waals surface area contributed by atoms with Crippen molar-refractivity contribution < 1.29 is 0 Å². The summed E-state index contributed by atoms with van der Waals surface area (Å²) in [6.45, 7) is 8.61. The molecular weight excluding hydrogens is 252 g/mol. The minimum Gasteiger partial charge on any atom is -0.365 e. The minimum atomic E-state index is 0.113. The lowest BCUT2D eigenvalue weighted by atomic mass is 9.99. The minimum absolute atomic E-state index is 0.113. The fourth-order valence-electron chi connectivity index (χ4n) is 1.65. The number of hydrogen-bond donors (Lipinski definition) is 1. The van der Waals surface area contributed by atoms with Crippen LogP contribution in [0.4, 0.5) is 5.82 Å². The zero-order valence-electron chi connectivity index (χ0n) is 9.89. The Kier molecular flexibility index (Phi) is 4.14. The number of nitrogens with zero attached hydrogens (tertiary/aromatic N) is 1. The molecule has 0 saturated heterocycles. The Balaban J connectivity index is 2.76. The normalized spacial score (nSPS) is 11.5. The Morgan fingerprint density at radius 1 is 1.40 bits per heavy atom. The number of hydrogen-bond acceptors (Lipinski definition) is 2. The van der Waals surface area contributed by atoms with Crippen LogP contribution in [0.25, 0.3) is 0 Å². The van der Waals surface area contributed by atoms with Crippen LogP contribution in [0.5, 0.6) is 0 Å². The third-order valence-corrected chi connectivity index (χ3v) is 3.20. The van der Waals surface area contributed by atoms with Crippen LogP contribution in [-0.4, -0.2) is 10.5 Å². The van der Waals surface area contributed by atoms with Crippen molar-refractivity contribution in [1.29, 1.82) is 0 Å². The monoisotopic (exact) mass is 270 g/mol. The van der Waals surface area contributed by atoms with Crippen LogP contribution >= 0.6 is 15.9 Å². The second-order valence-electron chi connectivity index (χ2n) is 4.52. The fraction of sp³-hybridized carbons (Fsp3) is 0.583. The molecule has 3 heteroatoms. The standard InChI is InChI=1S/C12H19BrN2/c1-5-8-12(3,4)15-11-7-6-10(13)9(2)14-11/h6-7H,5,8H2,1-4H3,(H,14,15). The maximum absolute atomic E-state index is 4.48. The van der Waals surface area contributed by atoms with Crippen LogP contribution in [0.3, 0.4) is 0 Å². The first-order valence-electron chi connectivity index (χ1n) is 5.36.